The molecule has 0 radical (unpaired) electrons. The molecule has 0 aliphatic carbocycles. The van der Waals surface area contributed by atoms with E-state index in [1.807, 2.05) is 0 Å². The Morgan fingerprint density at radius 2 is 2.21 bits per heavy atom. The van der Waals surface area contributed by atoms with E-state index in [0.717, 1.165) is 6.26 Å². The summed E-state index contributed by atoms with van der Waals surface area (Å²) in [7, 11) is -2.12. The van der Waals surface area contributed by atoms with Gasteiger partial charge in [-0.05, 0) is 12.1 Å². The van der Waals surface area contributed by atoms with Crippen molar-refractivity contribution in [1.29, 1.82) is 0 Å². The second-order valence-corrected chi connectivity index (χ2v) is 5.82. The molecule has 19 heavy (non-hydrogen) atoms. The molecule has 106 valence electrons. The van der Waals surface area contributed by atoms with Crippen molar-refractivity contribution in [2.24, 2.45) is 0 Å². The Kier molecular flexibility index (Phi) is 5.71. The molecule has 0 fully saturated rings. The lowest BCUT2D eigenvalue weighted by molar-refractivity contribution is 0.170. The van der Waals surface area contributed by atoms with E-state index < -0.39 is 16.1 Å². The predicted octanol–water partition coefficient (Wildman–Crippen LogP) is 0.199. The molecule has 0 bridgehead atoms. The monoisotopic (exact) mass is 287 g/mol. The minimum Gasteiger partial charge on any atom is -0.453 e. The van der Waals surface area contributed by atoms with E-state index in [2.05, 4.69) is 15.0 Å². The number of aromatic nitrogens is 1. The minimum atomic E-state index is -3.37. The number of sulfonamides is 1. The standard InChI is InChI=1S/C11H17N3O4S/c1-18-11(15)13-7-8-14(19(2,16)17)9-10-5-3-4-6-12-10/h3-6H,7-9H2,1-2H3,(H,13,15). The molecule has 0 aromatic carbocycles. The summed E-state index contributed by atoms with van der Waals surface area (Å²) in [5.74, 6) is 0. The van der Waals surface area contributed by atoms with Crippen molar-refractivity contribution in [2.75, 3.05) is 26.5 Å². The molecule has 1 N–H and O–H groups in total. The number of nitrogens with one attached hydrogen (secondary N) is 1. The first kappa shape index (κ1) is 15.4. The third-order valence-electron chi connectivity index (χ3n) is 2.35. The quantitative estimate of drug-likeness (QED) is 0.807. The number of amides is 1. The first-order valence-electron chi connectivity index (χ1n) is 5.60. The highest BCUT2D eigenvalue weighted by atomic mass is 32.2. The largest absolute Gasteiger partial charge is 0.453 e. The fourth-order valence-corrected chi connectivity index (χ4v) is 2.18. The Balaban J connectivity index is 2.61. The van der Waals surface area contributed by atoms with E-state index in [-0.39, 0.29) is 19.6 Å². The summed E-state index contributed by atoms with van der Waals surface area (Å²) in [5.41, 5.74) is 0.644. The average Bonchev–Trinajstić information content (AvgIpc) is 2.37. The highest BCUT2D eigenvalue weighted by Gasteiger charge is 2.17. The highest BCUT2D eigenvalue weighted by molar-refractivity contribution is 7.88. The van der Waals surface area contributed by atoms with E-state index in [4.69, 9.17) is 0 Å². The van der Waals surface area contributed by atoms with Gasteiger partial charge in [-0.2, -0.15) is 4.31 Å². The van der Waals surface area contributed by atoms with Gasteiger partial charge in [-0.25, -0.2) is 13.2 Å². The molecule has 0 saturated carbocycles. The van der Waals surface area contributed by atoms with E-state index in [0.29, 0.717) is 5.69 Å². The fraction of sp³-hybridized carbons (Fsp3) is 0.455. The van der Waals surface area contributed by atoms with Crippen LogP contribution >= 0.6 is 0 Å². The average molecular weight is 287 g/mol. The molecule has 1 aromatic heterocycles. The number of carbonyl (C=O) groups excluding carboxylic acids is 1. The summed E-state index contributed by atoms with van der Waals surface area (Å²) >= 11 is 0. The maximum absolute atomic E-state index is 11.6. The Morgan fingerprint density at radius 3 is 2.74 bits per heavy atom. The van der Waals surface area contributed by atoms with Gasteiger partial charge in [0.25, 0.3) is 0 Å². The molecular formula is C11H17N3O4S. The van der Waals surface area contributed by atoms with E-state index in [1.54, 1.807) is 24.4 Å². The molecule has 1 heterocycles. The lowest BCUT2D eigenvalue weighted by atomic mass is 10.3. The number of rotatable bonds is 6. The van der Waals surface area contributed by atoms with Gasteiger partial charge in [-0.15, -0.1) is 0 Å². The van der Waals surface area contributed by atoms with Crippen LogP contribution in [0.5, 0.6) is 0 Å². The van der Waals surface area contributed by atoms with Crippen LogP contribution in [0.4, 0.5) is 4.79 Å². The lowest BCUT2D eigenvalue weighted by Crippen LogP contribution is -2.37. The summed E-state index contributed by atoms with van der Waals surface area (Å²) in [6.45, 7) is 0.500. The van der Waals surface area contributed by atoms with Crippen LogP contribution < -0.4 is 5.32 Å². The zero-order valence-electron chi connectivity index (χ0n) is 10.9. The smallest absolute Gasteiger partial charge is 0.406 e. The first-order valence-corrected chi connectivity index (χ1v) is 7.45. The Labute approximate surface area is 112 Å². The summed E-state index contributed by atoms with van der Waals surface area (Å²) in [4.78, 5) is 15.0. The number of methoxy groups -OCH3 is 1. The van der Waals surface area contributed by atoms with Gasteiger partial charge < -0.3 is 10.1 Å². The van der Waals surface area contributed by atoms with Gasteiger partial charge in [0.2, 0.25) is 10.0 Å². The summed E-state index contributed by atoms with van der Waals surface area (Å²) in [6.07, 6.45) is 2.13. The number of alkyl carbamates (subject to hydrolysis) is 1. The summed E-state index contributed by atoms with van der Waals surface area (Å²) in [5, 5.41) is 2.43. The number of hydrogen-bond donors (Lipinski definition) is 1. The number of hydrogen-bond acceptors (Lipinski definition) is 5. The van der Waals surface area contributed by atoms with E-state index >= 15 is 0 Å². The number of pyridine rings is 1. The minimum absolute atomic E-state index is 0.157. The number of ether oxygens (including phenoxy) is 1. The van der Waals surface area contributed by atoms with Crippen LogP contribution in [-0.2, 0) is 21.3 Å². The molecule has 0 aliphatic heterocycles. The maximum atomic E-state index is 11.6. The van der Waals surface area contributed by atoms with Crippen LogP contribution in [0.15, 0.2) is 24.4 Å². The van der Waals surface area contributed by atoms with Gasteiger partial charge in [0.05, 0.1) is 25.6 Å². The zero-order valence-corrected chi connectivity index (χ0v) is 11.7. The second kappa shape index (κ2) is 7.05. The molecule has 0 aliphatic rings. The van der Waals surface area contributed by atoms with Crippen molar-refractivity contribution >= 4 is 16.1 Å². The number of nitrogens with zero attached hydrogens (tertiary/aromatic N) is 2. The Bertz CT molecular complexity index is 504. The Morgan fingerprint density at radius 1 is 1.47 bits per heavy atom. The van der Waals surface area contributed by atoms with E-state index in [9.17, 15) is 13.2 Å². The highest BCUT2D eigenvalue weighted by Crippen LogP contribution is 2.05. The normalized spacial score (nSPS) is 11.3. The van der Waals surface area contributed by atoms with Crippen molar-refractivity contribution < 1.29 is 17.9 Å². The number of carbonyl (C=O) groups is 1. The molecule has 1 rings (SSSR count). The van der Waals surface area contributed by atoms with Gasteiger partial charge in [0.15, 0.2) is 0 Å². The first-order chi connectivity index (χ1) is 8.93. The summed E-state index contributed by atoms with van der Waals surface area (Å²) < 4.78 is 28.9. The SMILES string of the molecule is COC(=O)NCCN(Cc1ccccn1)S(C)(=O)=O. The molecule has 8 heteroatoms. The van der Waals surface area contributed by atoms with Gasteiger partial charge in [-0.1, -0.05) is 6.07 Å². The molecule has 0 saturated heterocycles. The molecule has 0 atom stereocenters. The van der Waals surface area contributed by atoms with Gasteiger partial charge in [0.1, 0.15) is 0 Å². The van der Waals surface area contributed by atoms with Crippen molar-refractivity contribution in [3.8, 4) is 0 Å². The van der Waals surface area contributed by atoms with Crippen LogP contribution in [-0.4, -0.2) is 50.3 Å². The zero-order chi connectivity index (χ0) is 14.3. The Hall–Kier alpha value is -1.67. The third-order valence-corrected chi connectivity index (χ3v) is 3.60. The topological polar surface area (TPSA) is 88.6 Å². The van der Waals surface area contributed by atoms with Crippen LogP contribution in [0.1, 0.15) is 5.69 Å². The van der Waals surface area contributed by atoms with E-state index in [1.165, 1.54) is 11.4 Å². The van der Waals surface area contributed by atoms with Gasteiger partial charge in [0, 0.05) is 19.3 Å². The summed E-state index contributed by atoms with van der Waals surface area (Å²) in [6, 6.07) is 5.29. The maximum Gasteiger partial charge on any atom is 0.406 e. The molecular weight excluding hydrogens is 270 g/mol. The fourth-order valence-electron chi connectivity index (χ4n) is 1.39. The van der Waals surface area contributed by atoms with Crippen molar-refractivity contribution in [3.63, 3.8) is 0 Å². The third kappa shape index (κ3) is 5.66. The lowest BCUT2D eigenvalue weighted by Gasteiger charge is -2.19. The van der Waals surface area contributed by atoms with Crippen LogP contribution in [0.25, 0.3) is 0 Å². The van der Waals surface area contributed by atoms with Crippen LogP contribution in [0, 0.1) is 0 Å². The molecule has 1 aromatic rings. The van der Waals surface area contributed by atoms with Crippen LogP contribution in [0.3, 0.4) is 0 Å². The predicted molar refractivity (Wildman–Crippen MR) is 69.9 cm³/mol. The van der Waals surface area contributed by atoms with Gasteiger partial charge in [-0.3, -0.25) is 4.98 Å². The molecule has 0 spiro atoms. The second-order valence-electron chi connectivity index (χ2n) is 3.84. The molecule has 7 nitrogen and oxygen atoms in total. The van der Waals surface area contributed by atoms with Crippen LogP contribution in [0.2, 0.25) is 0 Å². The van der Waals surface area contributed by atoms with Crippen molar-refractivity contribution in [2.45, 2.75) is 6.54 Å². The van der Waals surface area contributed by atoms with Gasteiger partial charge >= 0.3 is 6.09 Å². The molecule has 1 amide bonds. The molecule has 0 unspecified atom stereocenters. The van der Waals surface area contributed by atoms with Crippen molar-refractivity contribution in [3.05, 3.63) is 30.1 Å². The van der Waals surface area contributed by atoms with Crippen molar-refractivity contribution in [1.82, 2.24) is 14.6 Å².